The first-order valence-corrected chi connectivity index (χ1v) is 16.8. The highest BCUT2D eigenvalue weighted by atomic mass is 79.9. The summed E-state index contributed by atoms with van der Waals surface area (Å²) in [7, 11) is 4.53. The number of thiazole rings is 1. The summed E-state index contributed by atoms with van der Waals surface area (Å²) in [5.41, 5.74) is 2.24. The van der Waals surface area contributed by atoms with Gasteiger partial charge in [-0.15, -0.1) is 0 Å². The van der Waals surface area contributed by atoms with Crippen LogP contribution in [-0.4, -0.2) is 38.5 Å². The molecule has 4 aromatic rings. The molecule has 0 spiro atoms. The summed E-state index contributed by atoms with van der Waals surface area (Å²) >= 11 is 23.6. The smallest absolute Gasteiger partial charge is 0.338 e. The Bertz CT molecular complexity index is 2090. The molecule has 1 aliphatic heterocycles. The van der Waals surface area contributed by atoms with E-state index in [1.165, 1.54) is 37.2 Å². The molecule has 0 aliphatic carbocycles. The van der Waals surface area contributed by atoms with E-state index in [9.17, 15) is 9.59 Å². The predicted octanol–water partition coefficient (Wildman–Crippen LogP) is 7.13. The van der Waals surface area contributed by atoms with Gasteiger partial charge in [-0.05, 0) is 73.0 Å². The molecular formula is C33H28BrCl3N2O7S. The third kappa shape index (κ3) is 7.05. The number of methoxy groups -OCH3 is 3. The van der Waals surface area contributed by atoms with E-state index in [1.807, 2.05) is 0 Å². The first-order chi connectivity index (χ1) is 22.5. The molecule has 0 amide bonds. The fourth-order valence-corrected chi connectivity index (χ4v) is 7.24. The standard InChI is InChI=1S/C33H28BrCl3N2O7S/c1-6-45-32(41)28-16(2)38-33-39(29(28)19-13-24(42-3)25(43-4)14-20(19)34)31(40)27(47-33)12-18-10-23(37)30(26(11-18)44-5)46-15-17-7-8-21(35)22(36)9-17/h7-14,29H,6,15H2,1-5H3/b27-12-/t29-/m1/s1. The minimum Gasteiger partial charge on any atom is -0.493 e. The Morgan fingerprint density at radius 3 is 2.34 bits per heavy atom. The zero-order valence-electron chi connectivity index (χ0n) is 25.8. The van der Waals surface area contributed by atoms with Crippen LogP contribution in [0.4, 0.5) is 0 Å². The lowest BCUT2D eigenvalue weighted by Gasteiger charge is -2.26. The molecule has 0 N–H and O–H groups in total. The van der Waals surface area contributed by atoms with Crippen LogP contribution in [0.5, 0.6) is 23.0 Å². The van der Waals surface area contributed by atoms with Crippen molar-refractivity contribution in [3.63, 3.8) is 0 Å². The fraction of sp³-hybridized carbons (Fsp3) is 0.242. The molecule has 2 heterocycles. The number of nitrogens with zero attached hydrogens (tertiary/aromatic N) is 2. The van der Waals surface area contributed by atoms with Crippen molar-refractivity contribution in [2.45, 2.75) is 26.5 Å². The van der Waals surface area contributed by atoms with Gasteiger partial charge < -0.3 is 23.7 Å². The van der Waals surface area contributed by atoms with Crippen molar-refractivity contribution >= 4 is 74.1 Å². The van der Waals surface area contributed by atoms with Gasteiger partial charge in [0.1, 0.15) is 6.61 Å². The number of hydrogen-bond acceptors (Lipinski definition) is 9. The first-order valence-electron chi connectivity index (χ1n) is 14.1. The molecule has 14 heteroatoms. The Balaban J connectivity index is 1.61. The van der Waals surface area contributed by atoms with Gasteiger partial charge in [0.25, 0.3) is 5.56 Å². The van der Waals surface area contributed by atoms with Gasteiger partial charge in [-0.2, -0.15) is 0 Å². The topological polar surface area (TPSA) is 97.6 Å². The summed E-state index contributed by atoms with van der Waals surface area (Å²) in [6.07, 6.45) is 1.69. The third-order valence-electron chi connectivity index (χ3n) is 7.23. The average Bonchev–Trinajstić information content (AvgIpc) is 3.34. The first kappa shape index (κ1) is 34.8. The predicted molar refractivity (Wildman–Crippen MR) is 186 cm³/mol. The van der Waals surface area contributed by atoms with E-state index < -0.39 is 12.0 Å². The maximum absolute atomic E-state index is 14.2. The molecule has 1 aromatic heterocycles. The minimum absolute atomic E-state index is 0.148. The molecule has 246 valence electrons. The monoisotopic (exact) mass is 780 g/mol. The summed E-state index contributed by atoms with van der Waals surface area (Å²) in [6.45, 7) is 3.74. The van der Waals surface area contributed by atoms with Gasteiger partial charge in [-0.3, -0.25) is 9.36 Å². The van der Waals surface area contributed by atoms with Crippen LogP contribution in [0.3, 0.4) is 0 Å². The second-order valence-electron chi connectivity index (χ2n) is 10.1. The summed E-state index contributed by atoms with van der Waals surface area (Å²) in [5, 5.41) is 1.12. The highest BCUT2D eigenvalue weighted by molar-refractivity contribution is 9.10. The number of carbonyl (C=O) groups excluding carboxylic acids is 1. The SMILES string of the molecule is CCOC(=O)C1=C(C)N=c2s/c(=C\c3cc(Cl)c(OCc4ccc(Cl)c(Cl)c4)c(OC)c3)c(=O)n2[C@@H]1c1cc(OC)c(OC)cc1Br. The number of rotatable bonds is 10. The van der Waals surface area contributed by atoms with Crippen molar-refractivity contribution in [3.8, 4) is 23.0 Å². The number of halogens is 4. The van der Waals surface area contributed by atoms with Crippen LogP contribution in [0.2, 0.25) is 15.1 Å². The van der Waals surface area contributed by atoms with E-state index in [4.69, 9.17) is 58.5 Å². The molecule has 3 aromatic carbocycles. The summed E-state index contributed by atoms with van der Waals surface area (Å²) in [6, 6.07) is 11.2. The van der Waals surface area contributed by atoms with Gasteiger partial charge in [-0.25, -0.2) is 9.79 Å². The maximum atomic E-state index is 14.2. The van der Waals surface area contributed by atoms with E-state index in [0.29, 0.717) is 63.7 Å². The van der Waals surface area contributed by atoms with E-state index in [2.05, 4.69) is 20.9 Å². The number of fused-ring (bicyclic) bond motifs is 1. The van der Waals surface area contributed by atoms with E-state index >= 15 is 0 Å². The molecule has 0 bridgehead atoms. The Kier molecular flexibility index (Phi) is 10.9. The second-order valence-corrected chi connectivity index (χ2v) is 13.2. The molecule has 0 fully saturated rings. The van der Waals surface area contributed by atoms with Crippen LogP contribution >= 0.6 is 62.1 Å². The number of esters is 1. The number of benzene rings is 3. The van der Waals surface area contributed by atoms with Crippen LogP contribution < -0.4 is 33.8 Å². The molecule has 0 unspecified atom stereocenters. The Labute approximate surface area is 297 Å². The van der Waals surface area contributed by atoms with Gasteiger partial charge >= 0.3 is 5.97 Å². The number of hydrogen-bond donors (Lipinski definition) is 0. The zero-order valence-corrected chi connectivity index (χ0v) is 30.5. The van der Waals surface area contributed by atoms with Crippen molar-refractivity contribution < 1.29 is 28.5 Å². The minimum atomic E-state index is -0.878. The van der Waals surface area contributed by atoms with Crippen LogP contribution in [0.1, 0.15) is 36.6 Å². The lowest BCUT2D eigenvalue weighted by Crippen LogP contribution is -2.40. The van der Waals surface area contributed by atoms with Crippen LogP contribution in [0, 0.1) is 0 Å². The van der Waals surface area contributed by atoms with Gasteiger partial charge in [0.15, 0.2) is 27.8 Å². The Morgan fingerprint density at radius 2 is 1.68 bits per heavy atom. The Morgan fingerprint density at radius 1 is 0.979 bits per heavy atom. The largest absolute Gasteiger partial charge is 0.493 e. The molecule has 5 rings (SSSR count). The van der Waals surface area contributed by atoms with Crippen LogP contribution in [0.15, 0.2) is 68.0 Å². The lowest BCUT2D eigenvalue weighted by atomic mass is 9.95. The van der Waals surface area contributed by atoms with Crippen molar-refractivity contribution in [2.24, 2.45) is 4.99 Å². The van der Waals surface area contributed by atoms with Crippen molar-refractivity contribution in [2.75, 3.05) is 27.9 Å². The molecule has 1 aliphatic rings. The van der Waals surface area contributed by atoms with Gasteiger partial charge in [0, 0.05) is 4.47 Å². The molecule has 0 saturated carbocycles. The second kappa shape index (κ2) is 14.7. The van der Waals surface area contributed by atoms with E-state index in [0.717, 1.165) is 5.56 Å². The summed E-state index contributed by atoms with van der Waals surface area (Å²) < 4.78 is 30.4. The van der Waals surface area contributed by atoms with Crippen molar-refractivity contribution in [1.82, 2.24) is 4.57 Å². The Hall–Kier alpha value is -3.48. The van der Waals surface area contributed by atoms with Crippen molar-refractivity contribution in [1.29, 1.82) is 0 Å². The third-order valence-corrected chi connectivity index (χ3v) is 9.92. The van der Waals surface area contributed by atoms with Gasteiger partial charge in [-0.1, -0.05) is 68.1 Å². The summed E-state index contributed by atoms with van der Waals surface area (Å²) in [4.78, 5) is 32.5. The van der Waals surface area contributed by atoms with Crippen molar-refractivity contribution in [3.05, 3.63) is 110 Å². The van der Waals surface area contributed by atoms with Crippen LogP contribution in [0.25, 0.3) is 6.08 Å². The average molecular weight is 783 g/mol. The van der Waals surface area contributed by atoms with Crippen LogP contribution in [-0.2, 0) is 16.1 Å². The number of allylic oxidation sites excluding steroid dienone is 1. The molecule has 0 saturated heterocycles. The fourth-order valence-electron chi connectivity index (χ4n) is 5.06. The van der Waals surface area contributed by atoms with Gasteiger partial charge in [0.05, 0.1) is 64.8 Å². The lowest BCUT2D eigenvalue weighted by molar-refractivity contribution is -0.139. The zero-order chi connectivity index (χ0) is 34.0. The molecule has 47 heavy (non-hydrogen) atoms. The number of aromatic nitrogens is 1. The number of ether oxygens (including phenoxy) is 5. The quantitative estimate of drug-likeness (QED) is 0.158. The van der Waals surface area contributed by atoms with E-state index in [1.54, 1.807) is 62.4 Å². The molecule has 0 radical (unpaired) electrons. The highest BCUT2D eigenvalue weighted by Gasteiger charge is 2.35. The normalized spacial score (nSPS) is 14.4. The molecule has 9 nitrogen and oxygen atoms in total. The molecular weight excluding hydrogens is 755 g/mol. The summed E-state index contributed by atoms with van der Waals surface area (Å²) in [5.74, 6) is 1.01. The number of carbonyl (C=O) groups is 1. The maximum Gasteiger partial charge on any atom is 0.338 e. The highest BCUT2D eigenvalue weighted by Crippen LogP contribution is 2.41. The van der Waals surface area contributed by atoms with E-state index in [-0.39, 0.29) is 29.4 Å². The van der Waals surface area contributed by atoms with Gasteiger partial charge in [0.2, 0.25) is 0 Å². The molecule has 1 atom stereocenters.